The Bertz CT molecular complexity index is 1330. The van der Waals surface area contributed by atoms with Crippen molar-refractivity contribution >= 4 is 54.2 Å². The van der Waals surface area contributed by atoms with Crippen molar-refractivity contribution in [3.8, 4) is 0 Å². The van der Waals surface area contributed by atoms with E-state index >= 15 is 0 Å². The van der Waals surface area contributed by atoms with Crippen LogP contribution in [0.4, 0.5) is 9.09 Å². The lowest BCUT2D eigenvalue weighted by atomic mass is 10.1. The number of benzene rings is 2. The van der Waals surface area contributed by atoms with E-state index in [2.05, 4.69) is 5.32 Å². The molecular formula is C29H37ClF2N3O5P. The summed E-state index contributed by atoms with van der Waals surface area (Å²) in [5.41, 5.74) is 1.89. The van der Waals surface area contributed by atoms with Crippen molar-refractivity contribution in [1.29, 1.82) is 0 Å². The zero-order valence-corrected chi connectivity index (χ0v) is 25.3. The van der Waals surface area contributed by atoms with Gasteiger partial charge < -0.3 is 23.7 Å². The fraction of sp³-hybridized carbons (Fsp3) is 0.414. The number of carbonyl (C=O) groups is 3. The summed E-state index contributed by atoms with van der Waals surface area (Å²) in [6, 6.07) is 10.5. The predicted molar refractivity (Wildman–Crippen MR) is 159 cm³/mol. The molecule has 1 aliphatic heterocycles. The minimum atomic E-state index is -1.14. The quantitative estimate of drug-likeness (QED) is 0.178. The van der Waals surface area contributed by atoms with Crippen LogP contribution in [0, 0.1) is 5.82 Å². The number of aldehydes is 1. The summed E-state index contributed by atoms with van der Waals surface area (Å²) in [7, 11) is 0.784. The number of ketones is 1. The third-order valence-electron chi connectivity index (χ3n) is 6.53. The van der Waals surface area contributed by atoms with E-state index in [0.717, 1.165) is 41.9 Å². The average Bonchev–Trinajstić information content (AvgIpc) is 3.53. The lowest BCUT2D eigenvalue weighted by Gasteiger charge is -2.18. The molecule has 2 aromatic carbocycles. The van der Waals surface area contributed by atoms with E-state index in [-0.39, 0.29) is 40.5 Å². The van der Waals surface area contributed by atoms with Crippen molar-refractivity contribution in [2.45, 2.75) is 52.7 Å². The number of Topliss-reactive ketones (excluding diaryl/α,β-unsaturated/α-hetero) is 1. The third kappa shape index (κ3) is 8.87. The van der Waals surface area contributed by atoms with Gasteiger partial charge in [0.05, 0.1) is 30.8 Å². The van der Waals surface area contributed by atoms with E-state index in [1.165, 1.54) is 13.0 Å². The minimum Gasteiger partial charge on any atom is -0.351 e. The maximum Gasteiger partial charge on any atom is 0.237 e. The second-order valence-electron chi connectivity index (χ2n) is 9.28. The van der Waals surface area contributed by atoms with E-state index in [9.17, 15) is 18.8 Å². The van der Waals surface area contributed by atoms with Crippen LogP contribution in [0.5, 0.6) is 0 Å². The molecule has 1 aliphatic rings. The molecular weight excluding hydrogens is 575 g/mol. The van der Waals surface area contributed by atoms with Crippen molar-refractivity contribution in [2.24, 2.45) is 0 Å². The molecule has 12 heteroatoms. The van der Waals surface area contributed by atoms with Gasteiger partial charge in [-0.05, 0) is 65.4 Å². The highest BCUT2D eigenvalue weighted by Gasteiger charge is 2.27. The van der Waals surface area contributed by atoms with E-state index in [4.69, 9.17) is 20.6 Å². The van der Waals surface area contributed by atoms with Gasteiger partial charge in [0, 0.05) is 40.1 Å². The standard InChI is InChI=1S/C16H20NO4P.C13H16ClFN2O.FH/c1-4-20-22(21-5-2)13-6-7-14-15(12(3)19)11-17(8-9-18)16(14)10-13;1-17-7-3-6-11(17)13(18)16-8-9-4-2-5-10(14)12(9)15;/h6-7,9-11H,4-5,8H2,1-3H3;2,4-5,11H,3,6-8H2,1H3,(H,16,18);1H. The van der Waals surface area contributed by atoms with Gasteiger partial charge >= 0.3 is 0 Å². The van der Waals surface area contributed by atoms with Crippen molar-refractivity contribution < 1.29 is 32.5 Å². The Morgan fingerprint density at radius 2 is 1.90 bits per heavy atom. The van der Waals surface area contributed by atoms with Gasteiger partial charge in [-0.3, -0.25) is 19.2 Å². The molecule has 41 heavy (non-hydrogen) atoms. The van der Waals surface area contributed by atoms with Crippen molar-refractivity contribution in [3.05, 3.63) is 64.6 Å². The van der Waals surface area contributed by atoms with Crippen LogP contribution in [0.25, 0.3) is 10.9 Å². The summed E-state index contributed by atoms with van der Waals surface area (Å²) in [5, 5.41) is 4.63. The first-order chi connectivity index (χ1) is 19.2. The SMILES string of the molecule is CCOP(OCC)c1ccc2c(C(C)=O)cn(CC=O)c2c1.CN1CCCC1C(=O)NCc1cccc(Cl)c1F.F. The van der Waals surface area contributed by atoms with Crippen LogP contribution in [0.3, 0.4) is 0 Å². The molecule has 3 aromatic rings. The zero-order valence-electron chi connectivity index (χ0n) is 23.7. The Balaban J connectivity index is 0.000000285. The summed E-state index contributed by atoms with van der Waals surface area (Å²) < 4.78 is 26.7. The number of likely N-dealkylation sites (N-methyl/N-ethyl adjacent to an activating group) is 1. The third-order valence-corrected chi connectivity index (χ3v) is 8.50. The predicted octanol–water partition coefficient (Wildman–Crippen LogP) is 5.40. The molecule has 224 valence electrons. The van der Waals surface area contributed by atoms with Crippen LogP contribution in [0.1, 0.15) is 49.5 Å². The molecule has 2 heterocycles. The van der Waals surface area contributed by atoms with Crippen LogP contribution >= 0.6 is 20.0 Å². The number of carbonyl (C=O) groups excluding carboxylic acids is 3. The summed E-state index contributed by atoms with van der Waals surface area (Å²) in [4.78, 5) is 36.6. The first-order valence-electron chi connectivity index (χ1n) is 13.3. The van der Waals surface area contributed by atoms with Crippen LogP contribution < -0.4 is 10.6 Å². The van der Waals surface area contributed by atoms with Gasteiger partial charge in [0.15, 0.2) is 5.78 Å². The van der Waals surface area contributed by atoms with E-state index in [0.29, 0.717) is 24.3 Å². The lowest BCUT2D eigenvalue weighted by Crippen LogP contribution is -2.41. The zero-order chi connectivity index (χ0) is 29.2. The fourth-order valence-corrected chi connectivity index (χ4v) is 6.01. The maximum absolute atomic E-state index is 13.6. The Kier molecular flexibility index (Phi) is 14.0. The number of hydrogen-bond donors (Lipinski definition) is 1. The summed E-state index contributed by atoms with van der Waals surface area (Å²) in [5.74, 6) is -0.520. The maximum atomic E-state index is 13.6. The number of nitrogens with one attached hydrogen (secondary N) is 1. The molecule has 0 aliphatic carbocycles. The Hall–Kier alpha value is -2.75. The molecule has 1 aromatic heterocycles. The van der Waals surface area contributed by atoms with Gasteiger partial charge in [-0.25, -0.2) is 4.39 Å². The van der Waals surface area contributed by atoms with Crippen molar-refractivity contribution in [2.75, 3.05) is 26.8 Å². The van der Waals surface area contributed by atoms with E-state index < -0.39 is 14.2 Å². The summed E-state index contributed by atoms with van der Waals surface area (Å²) in [6.45, 7) is 7.84. The molecule has 0 spiro atoms. The molecule has 4 rings (SSSR count). The van der Waals surface area contributed by atoms with E-state index in [1.807, 2.05) is 44.0 Å². The summed E-state index contributed by atoms with van der Waals surface area (Å²) in [6.07, 6.45) is 4.44. The van der Waals surface area contributed by atoms with Gasteiger partial charge in [0.1, 0.15) is 12.1 Å². The largest absolute Gasteiger partial charge is 0.351 e. The number of aromatic nitrogens is 1. The lowest BCUT2D eigenvalue weighted by molar-refractivity contribution is -0.125. The summed E-state index contributed by atoms with van der Waals surface area (Å²) >= 11 is 5.68. The van der Waals surface area contributed by atoms with Crippen LogP contribution in [-0.4, -0.2) is 60.3 Å². The molecule has 1 N–H and O–H groups in total. The number of hydrogen-bond acceptors (Lipinski definition) is 6. The Morgan fingerprint density at radius 1 is 1.20 bits per heavy atom. The number of halogens is 3. The highest BCUT2D eigenvalue weighted by molar-refractivity contribution is 7.56. The first-order valence-corrected chi connectivity index (χ1v) is 14.8. The minimum absolute atomic E-state index is 0. The van der Waals surface area contributed by atoms with Crippen molar-refractivity contribution in [3.63, 3.8) is 0 Å². The van der Waals surface area contributed by atoms with Gasteiger partial charge in [0.2, 0.25) is 14.3 Å². The highest BCUT2D eigenvalue weighted by Crippen LogP contribution is 2.38. The first kappa shape index (κ1) is 34.5. The molecule has 1 amide bonds. The fourth-order valence-electron chi connectivity index (χ4n) is 4.55. The molecule has 1 fully saturated rings. The van der Waals surface area contributed by atoms with Gasteiger partial charge in [-0.1, -0.05) is 29.8 Å². The molecule has 1 saturated heterocycles. The average molecular weight is 612 g/mol. The molecule has 0 radical (unpaired) electrons. The molecule has 1 atom stereocenters. The van der Waals surface area contributed by atoms with Crippen LogP contribution in [-0.2, 0) is 31.7 Å². The van der Waals surface area contributed by atoms with Gasteiger partial charge in [0.25, 0.3) is 0 Å². The molecule has 8 nitrogen and oxygen atoms in total. The molecule has 0 bridgehead atoms. The number of likely N-dealkylation sites (tertiary alicyclic amines) is 1. The Morgan fingerprint density at radius 3 is 2.49 bits per heavy atom. The van der Waals surface area contributed by atoms with Crippen LogP contribution in [0.2, 0.25) is 5.02 Å². The van der Waals surface area contributed by atoms with E-state index in [1.54, 1.807) is 22.9 Å². The molecule has 1 unspecified atom stereocenters. The second-order valence-corrected chi connectivity index (χ2v) is 11.2. The smallest absolute Gasteiger partial charge is 0.237 e. The number of nitrogens with zero attached hydrogens (tertiary/aromatic N) is 2. The highest BCUT2D eigenvalue weighted by atomic mass is 35.5. The monoisotopic (exact) mass is 611 g/mol. The normalized spacial score (nSPS) is 14.9. The van der Waals surface area contributed by atoms with Crippen molar-refractivity contribution in [1.82, 2.24) is 14.8 Å². The number of fused-ring (bicyclic) bond motifs is 1. The molecule has 0 saturated carbocycles. The second kappa shape index (κ2) is 16.6. The Labute approximate surface area is 245 Å². The number of rotatable bonds is 11. The number of amides is 1. The van der Waals surface area contributed by atoms with Gasteiger partial charge in [-0.15, -0.1) is 0 Å². The van der Waals surface area contributed by atoms with Gasteiger partial charge in [-0.2, -0.15) is 0 Å². The topological polar surface area (TPSA) is 89.9 Å². The van der Waals surface area contributed by atoms with Crippen LogP contribution in [0.15, 0.2) is 42.6 Å².